The van der Waals surface area contributed by atoms with Gasteiger partial charge in [-0.05, 0) is 25.2 Å². The van der Waals surface area contributed by atoms with Gasteiger partial charge >= 0.3 is 29.6 Å². The van der Waals surface area contributed by atoms with Crippen molar-refractivity contribution < 1.29 is 44.2 Å². The molecule has 2 aliphatic carbocycles. The molecule has 4 atom stereocenters. The zero-order valence-corrected chi connectivity index (χ0v) is 11.6. The third-order valence-electron chi connectivity index (χ3n) is 5.53. The van der Waals surface area contributed by atoms with E-state index >= 15 is 0 Å². The van der Waals surface area contributed by atoms with Gasteiger partial charge in [0, 0.05) is 10.8 Å². The molecule has 1 heterocycles. The minimum absolute atomic E-state index is 0. The maximum absolute atomic E-state index is 11.3. The second-order valence-corrected chi connectivity index (χ2v) is 5.59. The molecule has 3 nitrogen and oxygen atoms in total. The molecule has 1 saturated heterocycles. The predicted octanol–water partition coefficient (Wildman–Crippen LogP) is -2.66. The van der Waals surface area contributed by atoms with Crippen LogP contribution in [-0.2, 0) is 9.53 Å². The Kier molecular flexibility index (Phi) is 2.38. The topological polar surface area (TPSA) is 49.4 Å². The minimum Gasteiger partial charge on any atom is -0.547 e. The smallest absolute Gasteiger partial charge is 0.547 e. The number of carbonyl (C=O) groups excluding carboxylic acids is 1. The monoisotopic (exact) mass is 218 g/mol. The van der Waals surface area contributed by atoms with Crippen molar-refractivity contribution in [3.05, 3.63) is 0 Å². The molecule has 4 bridgehead atoms. The summed E-state index contributed by atoms with van der Waals surface area (Å²) in [5, 5.41) is 11.3. The first-order valence-corrected chi connectivity index (χ1v) is 5.32. The Bertz CT molecular complexity index is 332. The van der Waals surface area contributed by atoms with E-state index in [-0.39, 0.29) is 40.4 Å². The summed E-state index contributed by atoms with van der Waals surface area (Å²) < 4.78 is 5.58. The van der Waals surface area contributed by atoms with E-state index < -0.39 is 11.6 Å². The summed E-state index contributed by atoms with van der Waals surface area (Å²) in [6.45, 7) is 4.85. The molecule has 0 amide bonds. The van der Waals surface area contributed by atoms with Gasteiger partial charge < -0.3 is 14.6 Å². The zero-order chi connectivity index (χ0) is 10.2. The van der Waals surface area contributed by atoms with Gasteiger partial charge in [0.2, 0.25) is 0 Å². The summed E-state index contributed by atoms with van der Waals surface area (Å²) in [4.78, 5) is 11.3. The summed E-state index contributed by atoms with van der Waals surface area (Å²) in [5.74, 6) is -0.468. The van der Waals surface area contributed by atoms with Crippen LogP contribution in [0.3, 0.4) is 0 Å². The van der Waals surface area contributed by atoms with Gasteiger partial charge in [0.25, 0.3) is 0 Å². The fraction of sp³-hybridized carbons (Fsp3) is 0.909. The zero-order valence-electron chi connectivity index (χ0n) is 9.63. The van der Waals surface area contributed by atoms with Crippen LogP contribution >= 0.6 is 0 Å². The maximum Gasteiger partial charge on any atom is 1.00 e. The van der Waals surface area contributed by atoms with Gasteiger partial charge in [0.1, 0.15) is 5.60 Å². The molecule has 3 rings (SSSR count). The Morgan fingerprint density at radius 3 is 2.53 bits per heavy atom. The molecule has 0 aromatic carbocycles. The van der Waals surface area contributed by atoms with Crippen LogP contribution in [0.15, 0.2) is 0 Å². The molecule has 0 N–H and O–H groups in total. The molecule has 15 heavy (non-hydrogen) atoms. The quantitative estimate of drug-likeness (QED) is 0.451. The van der Waals surface area contributed by atoms with E-state index in [9.17, 15) is 9.90 Å². The molecule has 78 valence electrons. The standard InChI is InChI=1S/C11H16O3.Na/c1-9-6-14-11(8(12)13)5-7(9)3-4-10(9,11)2;/h7H,3-6H2,1-2H3,(H,12,13);/q;+1/p-1. The number of rotatable bonds is 1. The van der Waals surface area contributed by atoms with Crippen LogP contribution in [0.5, 0.6) is 0 Å². The van der Waals surface area contributed by atoms with E-state index in [1.807, 2.05) is 0 Å². The summed E-state index contributed by atoms with van der Waals surface area (Å²) in [5.41, 5.74) is -1.08. The molecule has 4 heteroatoms. The number of ether oxygens (including phenoxy) is 1. The minimum atomic E-state index is -0.995. The Labute approximate surface area is 112 Å². The van der Waals surface area contributed by atoms with Crippen molar-refractivity contribution in [1.29, 1.82) is 0 Å². The molecule has 3 fully saturated rings. The first kappa shape index (κ1) is 11.9. The van der Waals surface area contributed by atoms with Crippen LogP contribution < -0.4 is 34.7 Å². The van der Waals surface area contributed by atoms with Gasteiger partial charge in [0.05, 0.1) is 12.6 Å². The molecule has 0 radical (unpaired) electrons. The average molecular weight is 218 g/mol. The summed E-state index contributed by atoms with van der Waals surface area (Å²) in [7, 11) is 0. The van der Waals surface area contributed by atoms with E-state index in [1.54, 1.807) is 0 Å². The fourth-order valence-electron chi connectivity index (χ4n) is 4.22. The van der Waals surface area contributed by atoms with Crippen molar-refractivity contribution in [2.75, 3.05) is 6.61 Å². The first-order chi connectivity index (χ1) is 6.46. The summed E-state index contributed by atoms with van der Waals surface area (Å²) in [6.07, 6.45) is 2.80. The van der Waals surface area contributed by atoms with Crippen molar-refractivity contribution in [2.24, 2.45) is 16.7 Å². The van der Waals surface area contributed by atoms with Gasteiger partial charge in [-0.3, -0.25) is 0 Å². The molecular formula is C11H15NaO3. The maximum atomic E-state index is 11.3. The second-order valence-electron chi connectivity index (χ2n) is 5.59. The van der Waals surface area contributed by atoms with Crippen molar-refractivity contribution in [1.82, 2.24) is 0 Å². The molecule has 0 aromatic rings. The Hall–Kier alpha value is 0.430. The van der Waals surface area contributed by atoms with Crippen molar-refractivity contribution in [3.63, 3.8) is 0 Å². The second kappa shape index (κ2) is 3.00. The summed E-state index contributed by atoms with van der Waals surface area (Å²) >= 11 is 0. The van der Waals surface area contributed by atoms with Crippen molar-refractivity contribution >= 4 is 5.97 Å². The van der Waals surface area contributed by atoms with Crippen LogP contribution in [0.25, 0.3) is 0 Å². The molecule has 4 unspecified atom stereocenters. The van der Waals surface area contributed by atoms with Gasteiger partial charge in [-0.2, -0.15) is 0 Å². The van der Waals surface area contributed by atoms with Gasteiger partial charge in [-0.15, -0.1) is 0 Å². The average Bonchev–Trinajstić information content (AvgIpc) is 2.58. The van der Waals surface area contributed by atoms with E-state index in [1.165, 1.54) is 0 Å². The van der Waals surface area contributed by atoms with Crippen molar-refractivity contribution in [3.8, 4) is 0 Å². The molecule has 2 saturated carbocycles. The Morgan fingerprint density at radius 1 is 1.47 bits per heavy atom. The van der Waals surface area contributed by atoms with Gasteiger partial charge in [-0.25, -0.2) is 0 Å². The summed E-state index contributed by atoms with van der Waals surface area (Å²) in [6, 6.07) is 0. The number of hydrogen-bond donors (Lipinski definition) is 0. The molecular weight excluding hydrogens is 203 g/mol. The van der Waals surface area contributed by atoms with Crippen LogP contribution in [0.4, 0.5) is 0 Å². The third kappa shape index (κ3) is 0.951. The molecule has 1 aliphatic heterocycles. The van der Waals surface area contributed by atoms with E-state index in [0.717, 1.165) is 12.8 Å². The normalized spacial score (nSPS) is 55.5. The molecule has 0 aromatic heterocycles. The number of carboxylic acids is 1. The number of hydrogen-bond acceptors (Lipinski definition) is 3. The van der Waals surface area contributed by atoms with Gasteiger partial charge in [0.15, 0.2) is 0 Å². The number of aliphatic carboxylic acids is 1. The van der Waals surface area contributed by atoms with Crippen LogP contribution in [0.1, 0.15) is 33.1 Å². The SMILES string of the molecule is CC12COC3(C(=O)[O-])CC1CCC32C.[Na+]. The Balaban J connectivity index is 0.000000853. The molecule has 0 spiro atoms. The van der Waals surface area contributed by atoms with Crippen LogP contribution in [0.2, 0.25) is 0 Å². The van der Waals surface area contributed by atoms with E-state index in [2.05, 4.69) is 13.8 Å². The third-order valence-corrected chi connectivity index (χ3v) is 5.53. The first-order valence-electron chi connectivity index (χ1n) is 5.32. The van der Waals surface area contributed by atoms with E-state index in [4.69, 9.17) is 4.74 Å². The largest absolute Gasteiger partial charge is 1.00 e. The predicted molar refractivity (Wildman–Crippen MR) is 47.2 cm³/mol. The number of carboxylic acid groups (broad SMARTS) is 1. The van der Waals surface area contributed by atoms with E-state index in [0.29, 0.717) is 18.9 Å². The van der Waals surface area contributed by atoms with Crippen LogP contribution in [0, 0.1) is 16.7 Å². The fourth-order valence-corrected chi connectivity index (χ4v) is 4.22. The van der Waals surface area contributed by atoms with Gasteiger partial charge in [-0.1, -0.05) is 13.8 Å². The van der Waals surface area contributed by atoms with Crippen LogP contribution in [-0.4, -0.2) is 18.2 Å². The number of carbonyl (C=O) groups is 1. The Morgan fingerprint density at radius 2 is 2.13 bits per heavy atom. The molecule has 3 aliphatic rings. The van der Waals surface area contributed by atoms with Crippen molar-refractivity contribution in [2.45, 2.75) is 38.7 Å².